The van der Waals surface area contributed by atoms with E-state index in [1.165, 1.54) is 0 Å². The molecule has 0 aliphatic carbocycles. The zero-order valence-corrected chi connectivity index (χ0v) is 9.28. The molecule has 68 valence electrons. The Labute approximate surface area is 90.6 Å². The lowest BCUT2D eigenvalue weighted by molar-refractivity contribution is 0.649. The van der Waals surface area contributed by atoms with Crippen LogP contribution >= 0.6 is 23.2 Å². The highest BCUT2D eigenvalue weighted by atomic mass is 35.5. The molecule has 0 heterocycles. The van der Waals surface area contributed by atoms with E-state index in [1.807, 2.05) is 26.0 Å². The number of halogens is 2. The third-order valence-electron chi connectivity index (χ3n) is 2.31. The van der Waals surface area contributed by atoms with Crippen LogP contribution in [0.3, 0.4) is 0 Å². The number of hydrogen-bond donors (Lipinski definition) is 0. The van der Waals surface area contributed by atoms with Crippen LogP contribution in [0.4, 0.5) is 0 Å². The van der Waals surface area contributed by atoms with Crippen molar-refractivity contribution in [3.05, 3.63) is 33.8 Å². The van der Waals surface area contributed by atoms with Gasteiger partial charge in [-0.1, -0.05) is 49.5 Å². The Kier molecular flexibility index (Phi) is 3.31. The van der Waals surface area contributed by atoms with Crippen molar-refractivity contribution in [1.82, 2.24) is 0 Å². The summed E-state index contributed by atoms with van der Waals surface area (Å²) in [6.07, 6.45) is 0.866. The maximum Gasteiger partial charge on any atom is 0.0806 e. The van der Waals surface area contributed by atoms with Crippen LogP contribution in [0.2, 0.25) is 10.0 Å². The van der Waals surface area contributed by atoms with E-state index in [0.717, 1.165) is 12.0 Å². The van der Waals surface area contributed by atoms with Crippen molar-refractivity contribution in [3.8, 4) is 0 Å². The summed E-state index contributed by atoms with van der Waals surface area (Å²) in [6.45, 7) is 4.02. The maximum atomic E-state index is 6.05. The average molecular weight is 213 g/mol. The zero-order valence-electron chi connectivity index (χ0n) is 7.77. The van der Waals surface area contributed by atoms with Gasteiger partial charge >= 0.3 is 0 Å². The molecule has 0 N–H and O–H groups in total. The number of rotatable bonds is 2. The van der Waals surface area contributed by atoms with Crippen molar-refractivity contribution >= 4 is 31.0 Å². The summed E-state index contributed by atoms with van der Waals surface area (Å²) in [4.78, 5) is 0. The lowest BCUT2D eigenvalue weighted by Gasteiger charge is -2.24. The van der Waals surface area contributed by atoms with E-state index >= 15 is 0 Å². The minimum atomic E-state index is -0.325. The summed E-state index contributed by atoms with van der Waals surface area (Å²) >= 11 is 11.7. The first-order valence-electron chi connectivity index (χ1n) is 4.22. The van der Waals surface area contributed by atoms with Gasteiger partial charge in [-0.2, -0.15) is 0 Å². The van der Waals surface area contributed by atoms with Gasteiger partial charge in [0.15, 0.2) is 0 Å². The molecule has 1 aromatic carbocycles. The Balaban J connectivity index is 3.10. The quantitative estimate of drug-likeness (QED) is 0.655. The van der Waals surface area contributed by atoms with Crippen molar-refractivity contribution in [2.45, 2.75) is 25.6 Å². The zero-order chi connectivity index (χ0) is 10.1. The Morgan fingerprint density at radius 2 is 1.92 bits per heavy atom. The topological polar surface area (TPSA) is 0 Å². The third-order valence-corrected chi connectivity index (χ3v) is 3.05. The molecule has 0 saturated carbocycles. The van der Waals surface area contributed by atoms with Gasteiger partial charge in [0, 0.05) is 0 Å². The molecule has 0 amide bonds. The lowest BCUT2D eigenvalue weighted by Crippen LogP contribution is -2.20. The largest absolute Gasteiger partial charge is 0.0827 e. The predicted molar refractivity (Wildman–Crippen MR) is 59.9 cm³/mol. The normalized spacial score (nSPS) is 15.4. The Bertz CT molecular complexity index is 308. The SMILES string of the molecule is [B][C@@](C)(CC)c1ccc(Cl)c(Cl)c1. The highest BCUT2D eigenvalue weighted by Gasteiger charge is 2.17. The van der Waals surface area contributed by atoms with Crippen LogP contribution in [0.1, 0.15) is 25.8 Å². The van der Waals surface area contributed by atoms with E-state index in [1.54, 1.807) is 6.07 Å². The van der Waals surface area contributed by atoms with Gasteiger partial charge < -0.3 is 0 Å². The van der Waals surface area contributed by atoms with E-state index in [2.05, 4.69) is 0 Å². The second-order valence-corrected chi connectivity index (χ2v) is 4.21. The summed E-state index contributed by atoms with van der Waals surface area (Å²) in [6, 6.07) is 5.52. The second kappa shape index (κ2) is 3.94. The number of hydrogen-bond acceptors (Lipinski definition) is 0. The van der Waals surface area contributed by atoms with Crippen LogP contribution in [0.25, 0.3) is 0 Å². The minimum Gasteiger partial charge on any atom is -0.0827 e. The van der Waals surface area contributed by atoms with Gasteiger partial charge in [0.25, 0.3) is 0 Å². The van der Waals surface area contributed by atoms with Crippen molar-refractivity contribution in [2.75, 3.05) is 0 Å². The Hall–Kier alpha value is -0.135. The van der Waals surface area contributed by atoms with Gasteiger partial charge in [0.05, 0.1) is 17.9 Å². The van der Waals surface area contributed by atoms with E-state index in [0.29, 0.717) is 10.0 Å². The van der Waals surface area contributed by atoms with E-state index in [4.69, 9.17) is 31.0 Å². The first-order chi connectivity index (χ1) is 5.97. The molecule has 13 heavy (non-hydrogen) atoms. The lowest BCUT2D eigenvalue weighted by atomic mass is 9.64. The summed E-state index contributed by atoms with van der Waals surface area (Å²) in [5, 5.41) is 0.801. The fourth-order valence-electron chi connectivity index (χ4n) is 1.06. The monoisotopic (exact) mass is 212 g/mol. The summed E-state index contributed by atoms with van der Waals surface area (Å²) in [5.74, 6) is 0. The summed E-state index contributed by atoms with van der Waals surface area (Å²) in [7, 11) is 6.05. The molecule has 1 rings (SSSR count). The second-order valence-electron chi connectivity index (χ2n) is 3.40. The van der Waals surface area contributed by atoms with E-state index in [-0.39, 0.29) is 5.31 Å². The molecule has 1 aromatic rings. The van der Waals surface area contributed by atoms with Crippen molar-refractivity contribution < 1.29 is 0 Å². The van der Waals surface area contributed by atoms with Crippen LogP contribution < -0.4 is 0 Å². The van der Waals surface area contributed by atoms with E-state index in [9.17, 15) is 0 Å². The van der Waals surface area contributed by atoms with Gasteiger partial charge in [-0.25, -0.2) is 0 Å². The molecule has 3 heteroatoms. The van der Waals surface area contributed by atoms with E-state index < -0.39 is 0 Å². The molecule has 2 radical (unpaired) electrons. The average Bonchev–Trinajstić information content (AvgIpc) is 2.09. The standard InChI is InChI=1S/C10H11BCl2/c1-3-10(2,11)7-4-5-8(12)9(13)6-7/h4-6H,3H2,1-2H3/t10-/m0/s1. The van der Waals surface area contributed by atoms with Crippen LogP contribution in [0.15, 0.2) is 18.2 Å². The van der Waals surface area contributed by atoms with Crippen LogP contribution in [0.5, 0.6) is 0 Å². The summed E-state index contributed by atoms with van der Waals surface area (Å²) in [5.41, 5.74) is 1.02. The van der Waals surface area contributed by atoms with Crippen LogP contribution in [-0.4, -0.2) is 7.85 Å². The molecule has 0 unspecified atom stereocenters. The van der Waals surface area contributed by atoms with Crippen molar-refractivity contribution in [3.63, 3.8) is 0 Å². The first-order valence-corrected chi connectivity index (χ1v) is 4.97. The van der Waals surface area contributed by atoms with Crippen LogP contribution in [0, 0.1) is 0 Å². The Morgan fingerprint density at radius 1 is 1.31 bits per heavy atom. The fraction of sp³-hybridized carbons (Fsp3) is 0.400. The highest BCUT2D eigenvalue weighted by molar-refractivity contribution is 6.42. The van der Waals surface area contributed by atoms with Crippen molar-refractivity contribution in [1.29, 1.82) is 0 Å². The molecule has 0 spiro atoms. The number of benzene rings is 1. The minimum absolute atomic E-state index is 0.325. The predicted octanol–water partition coefficient (Wildman–Crippen LogP) is 3.79. The van der Waals surface area contributed by atoms with Gasteiger partial charge in [-0.05, 0) is 23.0 Å². The molecule has 0 aliphatic rings. The third kappa shape index (κ3) is 2.42. The summed E-state index contributed by atoms with van der Waals surface area (Å²) < 4.78 is 0. The molecule has 0 aliphatic heterocycles. The van der Waals surface area contributed by atoms with Crippen molar-refractivity contribution in [2.24, 2.45) is 0 Å². The Morgan fingerprint density at radius 3 is 2.38 bits per heavy atom. The fourth-order valence-corrected chi connectivity index (χ4v) is 1.35. The maximum absolute atomic E-state index is 6.05. The highest BCUT2D eigenvalue weighted by Crippen LogP contribution is 2.29. The molecule has 1 atom stereocenters. The van der Waals surface area contributed by atoms with Gasteiger partial charge in [0.1, 0.15) is 0 Å². The first kappa shape index (κ1) is 10.9. The molecule has 0 bridgehead atoms. The van der Waals surface area contributed by atoms with Crippen LogP contribution in [-0.2, 0) is 5.31 Å². The molecular weight excluding hydrogens is 202 g/mol. The van der Waals surface area contributed by atoms with Gasteiger partial charge in [-0.15, -0.1) is 0 Å². The smallest absolute Gasteiger partial charge is 0.0806 e. The molecule has 0 fully saturated rings. The molecule has 0 nitrogen and oxygen atoms in total. The van der Waals surface area contributed by atoms with Gasteiger partial charge in [-0.3, -0.25) is 0 Å². The molecule has 0 saturated heterocycles. The molecular formula is C10H11BCl2. The molecule has 0 aromatic heterocycles. The van der Waals surface area contributed by atoms with Gasteiger partial charge in [0.2, 0.25) is 0 Å².